The summed E-state index contributed by atoms with van der Waals surface area (Å²) < 4.78 is 49.6. The van der Waals surface area contributed by atoms with E-state index in [4.69, 9.17) is 0 Å². The molecular formula is C12H21N3O4S2. The van der Waals surface area contributed by atoms with Crippen molar-refractivity contribution in [3.8, 4) is 0 Å². The molecule has 1 fully saturated rings. The van der Waals surface area contributed by atoms with Gasteiger partial charge in [-0.2, -0.15) is 5.10 Å². The van der Waals surface area contributed by atoms with Crippen LogP contribution in [0.15, 0.2) is 4.90 Å². The summed E-state index contributed by atoms with van der Waals surface area (Å²) in [5.41, 5.74) is 0.962. The summed E-state index contributed by atoms with van der Waals surface area (Å²) in [6.45, 7) is 3.61. The number of nitrogens with one attached hydrogen (secondary N) is 2. The molecule has 0 saturated carbocycles. The highest BCUT2D eigenvalue weighted by Crippen LogP contribution is 2.22. The molecule has 0 aromatic carbocycles. The summed E-state index contributed by atoms with van der Waals surface area (Å²) in [6, 6.07) is 0. The minimum Gasteiger partial charge on any atom is -0.281 e. The zero-order chi connectivity index (χ0) is 15.7. The number of H-pyrrole nitrogens is 1. The van der Waals surface area contributed by atoms with E-state index in [1.54, 1.807) is 13.8 Å². The van der Waals surface area contributed by atoms with Crippen LogP contribution < -0.4 is 4.72 Å². The second-order valence-electron chi connectivity index (χ2n) is 5.57. The predicted molar refractivity (Wildman–Crippen MR) is 79.2 cm³/mol. The monoisotopic (exact) mass is 335 g/mol. The number of aryl methyl sites for hydroxylation is 2. The summed E-state index contributed by atoms with van der Waals surface area (Å²) in [6.07, 6.45) is 2.05. The molecule has 2 N–H and O–H groups in total. The molecule has 1 atom stereocenters. The standard InChI is InChI=1S/C12H21N3O4S2/c1-9-12(10(2)15-14-9)21(18,19)13-6-3-4-11-5-7-20(16,17)8-11/h11,13H,3-8H2,1-2H3,(H,14,15). The smallest absolute Gasteiger partial charge is 0.244 e. The molecule has 1 unspecified atom stereocenters. The van der Waals surface area contributed by atoms with Crippen LogP contribution in [0, 0.1) is 19.8 Å². The average molecular weight is 335 g/mol. The van der Waals surface area contributed by atoms with Crippen molar-refractivity contribution in [1.82, 2.24) is 14.9 Å². The van der Waals surface area contributed by atoms with Crippen LogP contribution >= 0.6 is 0 Å². The van der Waals surface area contributed by atoms with E-state index in [9.17, 15) is 16.8 Å². The topological polar surface area (TPSA) is 109 Å². The number of aromatic amines is 1. The number of hydrogen-bond donors (Lipinski definition) is 2. The summed E-state index contributed by atoms with van der Waals surface area (Å²) in [5, 5.41) is 6.53. The molecule has 1 saturated heterocycles. The van der Waals surface area contributed by atoms with Crippen molar-refractivity contribution < 1.29 is 16.8 Å². The van der Waals surface area contributed by atoms with Gasteiger partial charge in [0, 0.05) is 6.54 Å². The van der Waals surface area contributed by atoms with Crippen molar-refractivity contribution in [2.24, 2.45) is 5.92 Å². The van der Waals surface area contributed by atoms with Gasteiger partial charge >= 0.3 is 0 Å². The molecule has 7 nitrogen and oxygen atoms in total. The van der Waals surface area contributed by atoms with Crippen molar-refractivity contribution in [2.75, 3.05) is 18.1 Å². The van der Waals surface area contributed by atoms with Crippen LogP contribution in [0.3, 0.4) is 0 Å². The molecule has 0 bridgehead atoms. The maximum Gasteiger partial charge on any atom is 0.244 e. The van der Waals surface area contributed by atoms with E-state index in [0.29, 0.717) is 30.8 Å². The van der Waals surface area contributed by atoms with Gasteiger partial charge in [0.05, 0.1) is 22.9 Å². The van der Waals surface area contributed by atoms with Crippen LogP contribution in [-0.4, -0.2) is 45.1 Å². The van der Waals surface area contributed by atoms with E-state index in [1.807, 2.05) is 0 Å². The van der Waals surface area contributed by atoms with Crippen molar-refractivity contribution in [1.29, 1.82) is 0 Å². The Hall–Kier alpha value is -0.930. The minimum atomic E-state index is -3.56. The fraction of sp³-hybridized carbons (Fsp3) is 0.750. The molecule has 1 aliphatic rings. The Morgan fingerprint density at radius 3 is 2.62 bits per heavy atom. The first kappa shape index (κ1) is 16.4. The lowest BCUT2D eigenvalue weighted by atomic mass is 10.0. The highest BCUT2D eigenvalue weighted by atomic mass is 32.2. The van der Waals surface area contributed by atoms with Crippen LogP contribution in [0.25, 0.3) is 0 Å². The normalized spacial score (nSPS) is 21.7. The number of aromatic nitrogens is 2. The van der Waals surface area contributed by atoms with Crippen LogP contribution in [0.1, 0.15) is 30.7 Å². The molecule has 0 amide bonds. The predicted octanol–water partition coefficient (Wildman–Crippen LogP) is 0.520. The molecule has 0 aliphatic carbocycles. The zero-order valence-electron chi connectivity index (χ0n) is 12.2. The largest absolute Gasteiger partial charge is 0.281 e. The molecule has 1 aromatic heterocycles. The van der Waals surface area contributed by atoms with E-state index in [-0.39, 0.29) is 22.3 Å². The number of sulfonamides is 1. The van der Waals surface area contributed by atoms with E-state index in [0.717, 1.165) is 6.42 Å². The summed E-state index contributed by atoms with van der Waals surface area (Å²) in [5.74, 6) is 0.660. The molecule has 2 heterocycles. The molecule has 120 valence electrons. The first-order valence-electron chi connectivity index (χ1n) is 6.93. The number of hydrogen-bond acceptors (Lipinski definition) is 5. The molecule has 1 aliphatic heterocycles. The SMILES string of the molecule is Cc1n[nH]c(C)c1S(=O)(=O)NCCCC1CCS(=O)(=O)C1. The Morgan fingerprint density at radius 1 is 1.38 bits per heavy atom. The first-order valence-corrected chi connectivity index (χ1v) is 10.2. The highest BCUT2D eigenvalue weighted by molar-refractivity contribution is 7.91. The van der Waals surface area contributed by atoms with Crippen molar-refractivity contribution in [2.45, 2.75) is 38.0 Å². The van der Waals surface area contributed by atoms with E-state index >= 15 is 0 Å². The van der Waals surface area contributed by atoms with Gasteiger partial charge in [0.15, 0.2) is 9.84 Å². The highest BCUT2D eigenvalue weighted by Gasteiger charge is 2.27. The number of nitrogens with zero attached hydrogens (tertiary/aromatic N) is 1. The third kappa shape index (κ3) is 4.04. The summed E-state index contributed by atoms with van der Waals surface area (Å²) in [7, 11) is -6.42. The summed E-state index contributed by atoms with van der Waals surface area (Å²) in [4.78, 5) is 0.200. The maximum atomic E-state index is 12.2. The van der Waals surface area contributed by atoms with Crippen molar-refractivity contribution in [3.05, 3.63) is 11.4 Å². The van der Waals surface area contributed by atoms with Crippen LogP contribution in [0.2, 0.25) is 0 Å². The number of rotatable bonds is 6. The molecule has 9 heteroatoms. The average Bonchev–Trinajstić information content (AvgIpc) is 2.88. The van der Waals surface area contributed by atoms with Crippen molar-refractivity contribution >= 4 is 19.9 Å². The van der Waals surface area contributed by atoms with Crippen LogP contribution in [0.5, 0.6) is 0 Å². The molecule has 1 aromatic rings. The van der Waals surface area contributed by atoms with Gasteiger partial charge in [0.2, 0.25) is 10.0 Å². The van der Waals surface area contributed by atoms with E-state index in [2.05, 4.69) is 14.9 Å². The van der Waals surface area contributed by atoms with Gasteiger partial charge in [0.1, 0.15) is 4.90 Å². The van der Waals surface area contributed by atoms with E-state index in [1.165, 1.54) is 0 Å². The summed E-state index contributed by atoms with van der Waals surface area (Å²) >= 11 is 0. The Labute approximate surface area is 125 Å². The molecule has 2 rings (SSSR count). The molecule has 0 radical (unpaired) electrons. The lowest BCUT2D eigenvalue weighted by Gasteiger charge is -2.09. The Kier molecular flexibility index (Phi) is 4.74. The van der Waals surface area contributed by atoms with Gasteiger partial charge in [-0.25, -0.2) is 21.6 Å². The second-order valence-corrected chi connectivity index (χ2v) is 9.50. The minimum absolute atomic E-state index is 0.164. The molecule has 21 heavy (non-hydrogen) atoms. The maximum absolute atomic E-state index is 12.2. The van der Waals surface area contributed by atoms with Crippen molar-refractivity contribution in [3.63, 3.8) is 0 Å². The molecular weight excluding hydrogens is 314 g/mol. The third-order valence-corrected chi connectivity index (χ3v) is 7.30. The van der Waals surface area contributed by atoms with Gasteiger partial charge in [-0.3, -0.25) is 5.10 Å². The van der Waals surface area contributed by atoms with Gasteiger partial charge in [-0.15, -0.1) is 0 Å². The fourth-order valence-corrected chi connectivity index (χ4v) is 6.06. The van der Waals surface area contributed by atoms with E-state index < -0.39 is 19.9 Å². The fourth-order valence-electron chi connectivity index (χ4n) is 2.71. The third-order valence-electron chi connectivity index (χ3n) is 3.74. The van der Waals surface area contributed by atoms with Crippen LogP contribution in [0.4, 0.5) is 0 Å². The van der Waals surface area contributed by atoms with Gasteiger partial charge < -0.3 is 0 Å². The zero-order valence-corrected chi connectivity index (χ0v) is 13.8. The van der Waals surface area contributed by atoms with Gasteiger partial charge in [-0.05, 0) is 39.0 Å². The quantitative estimate of drug-likeness (QED) is 0.737. The lowest BCUT2D eigenvalue weighted by molar-refractivity contribution is 0.512. The van der Waals surface area contributed by atoms with Crippen LogP contribution in [-0.2, 0) is 19.9 Å². The Morgan fingerprint density at radius 2 is 2.10 bits per heavy atom. The Balaban J connectivity index is 1.84. The Bertz CT molecular complexity index is 687. The van der Waals surface area contributed by atoms with Gasteiger partial charge in [0.25, 0.3) is 0 Å². The lowest BCUT2D eigenvalue weighted by Crippen LogP contribution is -2.26. The first-order chi connectivity index (χ1) is 9.71. The molecule has 0 spiro atoms. The number of sulfone groups is 1. The van der Waals surface area contributed by atoms with Gasteiger partial charge in [-0.1, -0.05) is 0 Å². The second kappa shape index (κ2) is 6.05.